The number of aryl methyl sites for hydroxylation is 1. The van der Waals surface area contributed by atoms with Crippen molar-refractivity contribution in [2.24, 2.45) is 0 Å². The Labute approximate surface area is 146 Å². The lowest BCUT2D eigenvalue weighted by Crippen LogP contribution is -2.51. The van der Waals surface area contributed by atoms with Crippen LogP contribution in [0.5, 0.6) is 0 Å². The average molecular weight is 345 g/mol. The molecule has 128 valence electrons. The van der Waals surface area contributed by atoms with Gasteiger partial charge in [0.15, 0.2) is 0 Å². The molecule has 0 aliphatic carbocycles. The van der Waals surface area contributed by atoms with Gasteiger partial charge < -0.3 is 9.15 Å². The van der Waals surface area contributed by atoms with Gasteiger partial charge in [-0.2, -0.15) is 11.8 Å². The van der Waals surface area contributed by atoms with Crippen molar-refractivity contribution < 1.29 is 9.15 Å². The van der Waals surface area contributed by atoms with Crippen molar-refractivity contribution in [2.75, 3.05) is 25.5 Å². The van der Waals surface area contributed by atoms with Crippen molar-refractivity contribution in [3.63, 3.8) is 0 Å². The largest absolute Gasteiger partial charge is 0.423 e. The van der Waals surface area contributed by atoms with E-state index >= 15 is 0 Å². The lowest BCUT2D eigenvalue weighted by Gasteiger charge is -2.43. The second-order valence-electron chi connectivity index (χ2n) is 6.59. The number of benzene rings is 1. The number of hydrogen-bond donors (Lipinski definition) is 0. The van der Waals surface area contributed by atoms with E-state index in [1.54, 1.807) is 6.07 Å². The number of fused-ring (bicyclic) bond motifs is 2. The lowest BCUT2D eigenvalue weighted by molar-refractivity contribution is 0.0352. The van der Waals surface area contributed by atoms with Gasteiger partial charge in [-0.3, -0.25) is 4.90 Å². The van der Waals surface area contributed by atoms with Gasteiger partial charge in [-0.15, -0.1) is 0 Å². The highest BCUT2D eigenvalue weighted by atomic mass is 32.2. The Hall–Kier alpha value is -1.30. The second-order valence-corrected chi connectivity index (χ2v) is 7.93. The molecule has 2 aromatic rings. The van der Waals surface area contributed by atoms with Crippen molar-refractivity contribution in [2.45, 2.75) is 37.6 Å². The van der Waals surface area contributed by atoms with Crippen molar-refractivity contribution in [3.05, 3.63) is 45.8 Å². The predicted molar refractivity (Wildman–Crippen MR) is 97.7 cm³/mol. The van der Waals surface area contributed by atoms with E-state index in [0.29, 0.717) is 16.9 Å². The third-order valence-electron chi connectivity index (χ3n) is 5.12. The van der Waals surface area contributed by atoms with E-state index in [0.717, 1.165) is 55.8 Å². The van der Waals surface area contributed by atoms with Gasteiger partial charge in [0.25, 0.3) is 0 Å². The first-order valence-electron chi connectivity index (χ1n) is 8.73. The van der Waals surface area contributed by atoms with E-state index in [4.69, 9.17) is 9.15 Å². The quantitative estimate of drug-likeness (QED) is 0.800. The summed E-state index contributed by atoms with van der Waals surface area (Å²) in [5.41, 5.74) is 2.75. The standard InChI is InChI=1S/C19H23NO3S/c1-2-13-3-4-15-14(10-19(21)23-17(15)9-13)11-20-6-8-24-18-12-22-7-5-16(18)20/h3-4,9-10,16,18H,2,5-8,11-12H2,1H3. The zero-order valence-corrected chi connectivity index (χ0v) is 14.8. The Morgan fingerprint density at radius 1 is 1.33 bits per heavy atom. The summed E-state index contributed by atoms with van der Waals surface area (Å²) in [6.45, 7) is 5.69. The molecule has 0 spiro atoms. The van der Waals surface area contributed by atoms with Crippen molar-refractivity contribution in [3.8, 4) is 0 Å². The molecule has 1 aromatic heterocycles. The van der Waals surface area contributed by atoms with Crippen LogP contribution >= 0.6 is 11.8 Å². The van der Waals surface area contributed by atoms with Crippen LogP contribution in [0.4, 0.5) is 0 Å². The van der Waals surface area contributed by atoms with E-state index in [1.807, 2.05) is 17.8 Å². The summed E-state index contributed by atoms with van der Waals surface area (Å²) in [6.07, 6.45) is 2.02. The van der Waals surface area contributed by atoms with Crippen molar-refractivity contribution >= 4 is 22.7 Å². The summed E-state index contributed by atoms with van der Waals surface area (Å²) in [5, 5.41) is 1.62. The maximum atomic E-state index is 12.0. The minimum Gasteiger partial charge on any atom is -0.423 e. The summed E-state index contributed by atoms with van der Waals surface area (Å²) in [7, 11) is 0. The topological polar surface area (TPSA) is 42.7 Å². The lowest BCUT2D eigenvalue weighted by atomic mass is 10.0. The molecule has 2 unspecified atom stereocenters. The van der Waals surface area contributed by atoms with Gasteiger partial charge in [-0.05, 0) is 30.0 Å². The molecule has 5 heteroatoms. The number of ether oxygens (including phenoxy) is 1. The number of rotatable bonds is 3. The Bertz CT molecular complexity index is 786. The van der Waals surface area contributed by atoms with E-state index in [9.17, 15) is 4.79 Å². The second kappa shape index (κ2) is 6.90. The molecule has 0 N–H and O–H groups in total. The van der Waals surface area contributed by atoms with Crippen LogP contribution in [0.3, 0.4) is 0 Å². The molecule has 2 saturated heterocycles. The fourth-order valence-electron chi connectivity index (χ4n) is 3.80. The van der Waals surface area contributed by atoms with Crippen LogP contribution in [-0.2, 0) is 17.7 Å². The third kappa shape index (κ3) is 3.13. The number of nitrogens with zero attached hydrogens (tertiary/aromatic N) is 1. The van der Waals surface area contributed by atoms with Crippen LogP contribution < -0.4 is 5.63 Å². The summed E-state index contributed by atoms with van der Waals surface area (Å²) in [5.74, 6) is 1.13. The molecule has 0 saturated carbocycles. The van der Waals surface area contributed by atoms with E-state index in [-0.39, 0.29) is 5.63 Å². The van der Waals surface area contributed by atoms with Crippen molar-refractivity contribution in [1.29, 1.82) is 0 Å². The maximum Gasteiger partial charge on any atom is 0.336 e. The van der Waals surface area contributed by atoms with Crippen LogP contribution in [0.25, 0.3) is 11.0 Å². The Morgan fingerprint density at radius 3 is 3.12 bits per heavy atom. The molecule has 4 nitrogen and oxygen atoms in total. The molecule has 0 bridgehead atoms. The predicted octanol–water partition coefficient (Wildman–Crippen LogP) is 3.06. The third-order valence-corrected chi connectivity index (χ3v) is 6.42. The van der Waals surface area contributed by atoms with Crippen molar-refractivity contribution in [1.82, 2.24) is 4.90 Å². The summed E-state index contributed by atoms with van der Waals surface area (Å²) in [6, 6.07) is 8.46. The monoisotopic (exact) mass is 345 g/mol. The minimum absolute atomic E-state index is 0.249. The highest BCUT2D eigenvalue weighted by Crippen LogP contribution is 2.32. The van der Waals surface area contributed by atoms with E-state index in [2.05, 4.69) is 24.0 Å². The van der Waals surface area contributed by atoms with Crippen LogP contribution in [0, 0.1) is 0 Å². The summed E-state index contributed by atoms with van der Waals surface area (Å²) >= 11 is 2.03. The summed E-state index contributed by atoms with van der Waals surface area (Å²) < 4.78 is 11.1. The molecule has 0 amide bonds. The van der Waals surface area contributed by atoms with Gasteiger partial charge in [0, 0.05) is 48.2 Å². The van der Waals surface area contributed by atoms with Crippen LogP contribution in [-0.4, -0.2) is 41.7 Å². The fraction of sp³-hybridized carbons (Fsp3) is 0.526. The van der Waals surface area contributed by atoms with Gasteiger partial charge in [-0.25, -0.2) is 4.79 Å². The normalized spacial score (nSPS) is 24.9. The molecular weight excluding hydrogens is 322 g/mol. The average Bonchev–Trinajstić information content (AvgIpc) is 2.61. The molecule has 2 fully saturated rings. The number of thioether (sulfide) groups is 1. The first kappa shape index (κ1) is 16.2. The highest BCUT2D eigenvalue weighted by Gasteiger charge is 2.34. The fourth-order valence-corrected chi connectivity index (χ4v) is 5.17. The first-order chi connectivity index (χ1) is 11.7. The van der Waals surface area contributed by atoms with Crippen LogP contribution in [0.1, 0.15) is 24.5 Å². The van der Waals surface area contributed by atoms with Crippen LogP contribution in [0.15, 0.2) is 33.5 Å². The smallest absolute Gasteiger partial charge is 0.336 e. The van der Waals surface area contributed by atoms with Gasteiger partial charge in [-0.1, -0.05) is 19.1 Å². The molecule has 1 aromatic carbocycles. The molecular formula is C19H23NO3S. The molecule has 0 radical (unpaired) electrons. The SMILES string of the molecule is CCc1ccc2c(CN3CCSC4COCCC43)cc(=O)oc2c1. The van der Waals surface area contributed by atoms with Gasteiger partial charge >= 0.3 is 5.63 Å². The molecule has 3 heterocycles. The van der Waals surface area contributed by atoms with Crippen LogP contribution in [0.2, 0.25) is 0 Å². The van der Waals surface area contributed by atoms with E-state index < -0.39 is 0 Å². The molecule has 2 aliphatic heterocycles. The molecule has 2 atom stereocenters. The zero-order valence-electron chi connectivity index (χ0n) is 14.0. The van der Waals surface area contributed by atoms with E-state index in [1.165, 1.54) is 5.56 Å². The molecule has 24 heavy (non-hydrogen) atoms. The number of hydrogen-bond acceptors (Lipinski definition) is 5. The Balaban J connectivity index is 1.67. The van der Waals surface area contributed by atoms with Gasteiger partial charge in [0.05, 0.1) is 6.61 Å². The molecule has 2 aliphatic rings. The Morgan fingerprint density at radius 2 is 2.25 bits per heavy atom. The Kier molecular flexibility index (Phi) is 4.66. The van der Waals surface area contributed by atoms with Gasteiger partial charge in [0.1, 0.15) is 5.58 Å². The zero-order chi connectivity index (χ0) is 16.5. The van der Waals surface area contributed by atoms with Gasteiger partial charge in [0.2, 0.25) is 0 Å². The summed E-state index contributed by atoms with van der Waals surface area (Å²) in [4.78, 5) is 14.6. The first-order valence-corrected chi connectivity index (χ1v) is 9.78. The minimum atomic E-state index is -0.249. The molecule has 4 rings (SSSR count). The highest BCUT2D eigenvalue weighted by molar-refractivity contribution is 8.00. The maximum absolute atomic E-state index is 12.0.